The van der Waals surface area contributed by atoms with Crippen LogP contribution in [0.4, 0.5) is 0 Å². The average molecular weight is 1060 g/mol. The SMILES string of the molecule is c1ccc(-c2cccc3cc4c(ccc5c(-c6cccc7cc8c(ccc9c(-c%10cccc%11c%10ccc%10cc%12c(-c%13cccc%14c%13ccc%13cc%15c(-c%16ccccc%16)cccc%15cc%13%14)cccc%12cc%10%11)cccc98)cc67)cccc54)cc23)cc1. The maximum Gasteiger partial charge on any atom is -0.00987 e. The molecule has 0 aliphatic rings. The summed E-state index contributed by atoms with van der Waals surface area (Å²) in [6.45, 7) is 0. The Morgan fingerprint density at radius 1 is 0.107 bits per heavy atom. The third kappa shape index (κ3) is 7.14. The molecule has 0 aromatic heterocycles. The summed E-state index contributed by atoms with van der Waals surface area (Å²) in [6, 6.07) is 114. The van der Waals surface area contributed by atoms with Gasteiger partial charge in [-0.05, 0) is 233 Å². The lowest BCUT2D eigenvalue weighted by Gasteiger charge is -2.16. The van der Waals surface area contributed by atoms with E-state index in [2.05, 4.69) is 303 Å². The molecule has 18 rings (SSSR count). The van der Waals surface area contributed by atoms with Crippen LogP contribution in [0.2, 0.25) is 0 Å². The molecule has 84 heavy (non-hydrogen) atoms. The number of hydrogen-bond donors (Lipinski definition) is 0. The molecule has 0 spiro atoms. The summed E-state index contributed by atoms with van der Waals surface area (Å²) < 4.78 is 0. The van der Waals surface area contributed by atoms with Gasteiger partial charge in [-0.2, -0.15) is 0 Å². The molecule has 0 heterocycles. The van der Waals surface area contributed by atoms with Crippen molar-refractivity contribution in [2.75, 3.05) is 0 Å². The van der Waals surface area contributed by atoms with Crippen molar-refractivity contribution in [3.8, 4) is 55.6 Å². The van der Waals surface area contributed by atoms with Crippen molar-refractivity contribution >= 4 is 129 Å². The van der Waals surface area contributed by atoms with Crippen molar-refractivity contribution in [3.05, 3.63) is 303 Å². The smallest absolute Gasteiger partial charge is 0.00987 e. The van der Waals surface area contributed by atoms with E-state index in [1.807, 2.05) is 0 Å². The molecule has 0 heteroatoms. The van der Waals surface area contributed by atoms with Crippen LogP contribution in [-0.2, 0) is 0 Å². The monoisotopic (exact) mass is 1060 g/mol. The van der Waals surface area contributed by atoms with Crippen LogP contribution in [0.1, 0.15) is 0 Å². The summed E-state index contributed by atoms with van der Waals surface area (Å²) in [5.74, 6) is 0. The highest BCUT2D eigenvalue weighted by molar-refractivity contribution is 6.24. The first-order valence-electron chi connectivity index (χ1n) is 29.3. The summed E-state index contributed by atoms with van der Waals surface area (Å²) in [6.07, 6.45) is 0. The molecule has 0 atom stereocenters. The highest BCUT2D eigenvalue weighted by Gasteiger charge is 2.18. The lowest BCUT2D eigenvalue weighted by Crippen LogP contribution is -1.89. The summed E-state index contributed by atoms with van der Waals surface area (Å²) >= 11 is 0. The zero-order valence-corrected chi connectivity index (χ0v) is 45.9. The molecule has 0 bridgehead atoms. The normalized spacial score (nSPS) is 12.0. The Bertz CT molecular complexity index is 5470. The number of rotatable bonds is 5. The van der Waals surface area contributed by atoms with Gasteiger partial charge in [-0.3, -0.25) is 0 Å². The van der Waals surface area contributed by atoms with Crippen LogP contribution in [0, 0.1) is 0 Å². The quantitative estimate of drug-likeness (QED) is 0.119. The van der Waals surface area contributed by atoms with Gasteiger partial charge >= 0.3 is 0 Å². The van der Waals surface area contributed by atoms with E-state index in [-0.39, 0.29) is 0 Å². The average Bonchev–Trinajstić information content (AvgIpc) is 2.33. The predicted molar refractivity (Wildman–Crippen MR) is 364 cm³/mol. The number of benzene rings is 18. The molecule has 0 radical (unpaired) electrons. The Kier molecular flexibility index (Phi) is 10.2. The van der Waals surface area contributed by atoms with Crippen LogP contribution >= 0.6 is 0 Å². The molecule has 18 aromatic carbocycles. The molecule has 0 unspecified atom stereocenters. The van der Waals surface area contributed by atoms with Crippen molar-refractivity contribution < 1.29 is 0 Å². The van der Waals surface area contributed by atoms with Crippen molar-refractivity contribution in [2.45, 2.75) is 0 Å². The summed E-state index contributed by atoms with van der Waals surface area (Å²) in [5, 5.41) is 30.3. The van der Waals surface area contributed by atoms with Crippen LogP contribution < -0.4 is 0 Å². The van der Waals surface area contributed by atoms with Crippen molar-refractivity contribution in [1.82, 2.24) is 0 Å². The Labute approximate surface area is 485 Å². The van der Waals surface area contributed by atoms with E-state index >= 15 is 0 Å². The van der Waals surface area contributed by atoms with E-state index in [1.165, 1.54) is 185 Å². The molecular weight excluding hydrogens is 1010 g/mol. The van der Waals surface area contributed by atoms with E-state index in [4.69, 9.17) is 0 Å². The van der Waals surface area contributed by atoms with Crippen molar-refractivity contribution in [1.29, 1.82) is 0 Å². The second-order valence-corrected chi connectivity index (χ2v) is 23.0. The van der Waals surface area contributed by atoms with Crippen LogP contribution in [0.3, 0.4) is 0 Å². The molecular formula is C84H50. The first-order chi connectivity index (χ1) is 41.6. The molecule has 18 aromatic rings. The zero-order valence-electron chi connectivity index (χ0n) is 45.9. The highest BCUT2D eigenvalue weighted by Crippen LogP contribution is 2.45. The van der Waals surface area contributed by atoms with Crippen molar-refractivity contribution in [2.24, 2.45) is 0 Å². The number of hydrogen-bond acceptors (Lipinski definition) is 0. The van der Waals surface area contributed by atoms with Gasteiger partial charge in [0, 0.05) is 0 Å². The summed E-state index contributed by atoms with van der Waals surface area (Å²) in [7, 11) is 0. The van der Waals surface area contributed by atoms with Gasteiger partial charge in [-0.25, -0.2) is 0 Å². The summed E-state index contributed by atoms with van der Waals surface area (Å²) in [4.78, 5) is 0. The second-order valence-electron chi connectivity index (χ2n) is 23.0. The maximum atomic E-state index is 2.43. The minimum Gasteiger partial charge on any atom is -0.0622 e. The van der Waals surface area contributed by atoms with Gasteiger partial charge in [0.25, 0.3) is 0 Å². The van der Waals surface area contributed by atoms with E-state index in [9.17, 15) is 0 Å². The van der Waals surface area contributed by atoms with E-state index in [0.29, 0.717) is 0 Å². The highest BCUT2D eigenvalue weighted by atomic mass is 14.2. The standard InChI is InChI=1S/C84H50/c1-3-15-51(16-4-1)61-23-7-19-53-43-81-57(47-77(53)61)35-41-75-65(29-13-33-71(75)81)67-25-9-21-55-45-83-59(49-79(55)67)37-39-73-63(27-11-31-69(73)83)64-28-12-32-70-74(64)40-38-60-50-80-56(46-84(60)70)22-10-26-68(80)66-30-14-34-72-76(66)42-36-58-48-78-54(44-82(58)72)20-8-24-62(78)52-17-5-2-6-18-52/h1-50H. The third-order valence-electron chi connectivity index (χ3n) is 18.5. The first-order valence-corrected chi connectivity index (χ1v) is 29.3. The van der Waals surface area contributed by atoms with Gasteiger partial charge < -0.3 is 0 Å². The first kappa shape index (κ1) is 46.8. The Morgan fingerprint density at radius 2 is 0.321 bits per heavy atom. The van der Waals surface area contributed by atoms with Crippen LogP contribution in [-0.4, -0.2) is 0 Å². The molecule has 0 aliphatic carbocycles. The fraction of sp³-hybridized carbons (Fsp3) is 0. The molecule has 0 aliphatic heterocycles. The topological polar surface area (TPSA) is 0 Å². The van der Waals surface area contributed by atoms with Gasteiger partial charge in [0.1, 0.15) is 0 Å². The maximum absolute atomic E-state index is 2.43. The molecule has 0 N–H and O–H groups in total. The van der Waals surface area contributed by atoms with Crippen LogP contribution in [0.25, 0.3) is 185 Å². The number of fused-ring (bicyclic) bond motifs is 16. The minimum absolute atomic E-state index is 1.24. The van der Waals surface area contributed by atoms with Gasteiger partial charge in [-0.15, -0.1) is 0 Å². The van der Waals surface area contributed by atoms with Crippen molar-refractivity contribution in [3.63, 3.8) is 0 Å². The largest absolute Gasteiger partial charge is 0.0622 e. The Balaban J connectivity index is 0.722. The summed E-state index contributed by atoms with van der Waals surface area (Å²) in [5.41, 5.74) is 12.5. The van der Waals surface area contributed by atoms with Gasteiger partial charge in [0.2, 0.25) is 0 Å². The van der Waals surface area contributed by atoms with Gasteiger partial charge in [0.05, 0.1) is 0 Å². The van der Waals surface area contributed by atoms with Gasteiger partial charge in [0.15, 0.2) is 0 Å². The van der Waals surface area contributed by atoms with E-state index in [1.54, 1.807) is 0 Å². The predicted octanol–water partition coefficient (Wildman–Crippen LogP) is 23.9. The fourth-order valence-corrected chi connectivity index (χ4v) is 14.6. The van der Waals surface area contributed by atoms with E-state index < -0.39 is 0 Å². The molecule has 0 saturated carbocycles. The molecule has 0 amide bonds. The lowest BCUT2D eigenvalue weighted by molar-refractivity contribution is 1.66. The third-order valence-corrected chi connectivity index (χ3v) is 18.5. The molecule has 0 fully saturated rings. The minimum atomic E-state index is 1.24. The van der Waals surface area contributed by atoms with Gasteiger partial charge in [-0.1, -0.05) is 255 Å². The molecule has 0 saturated heterocycles. The van der Waals surface area contributed by atoms with E-state index in [0.717, 1.165) is 0 Å². The molecule has 386 valence electrons. The zero-order chi connectivity index (χ0) is 55.0. The second kappa shape index (κ2) is 18.3. The Morgan fingerprint density at radius 3 is 0.607 bits per heavy atom. The van der Waals surface area contributed by atoms with Crippen LogP contribution in [0.5, 0.6) is 0 Å². The molecule has 0 nitrogen and oxygen atoms in total. The van der Waals surface area contributed by atoms with Crippen LogP contribution in [0.15, 0.2) is 303 Å². The fourth-order valence-electron chi connectivity index (χ4n) is 14.6. The lowest BCUT2D eigenvalue weighted by atomic mass is 9.87. The Hall–Kier alpha value is -10.9.